The lowest BCUT2D eigenvalue weighted by atomic mass is 10.1. The van der Waals surface area contributed by atoms with Crippen LogP contribution in [0.1, 0.15) is 15.9 Å². The number of amides is 1. The number of carbonyl (C=O) groups is 1. The molecule has 0 saturated heterocycles. The summed E-state index contributed by atoms with van der Waals surface area (Å²) < 4.78 is 54.2. The van der Waals surface area contributed by atoms with Crippen LogP contribution in [0.5, 0.6) is 0 Å². The fourth-order valence-electron chi connectivity index (χ4n) is 3.04. The second kappa shape index (κ2) is 7.46. The molecule has 1 amide bonds. The van der Waals surface area contributed by atoms with Gasteiger partial charge in [0.2, 0.25) is 0 Å². The maximum atomic E-state index is 14.2. The smallest absolute Gasteiger partial charge is 0.338 e. The van der Waals surface area contributed by atoms with E-state index in [0.717, 1.165) is 18.2 Å². The molecule has 0 bridgehead atoms. The zero-order valence-electron chi connectivity index (χ0n) is 15.0. The van der Waals surface area contributed by atoms with E-state index in [1.165, 1.54) is 18.2 Å². The number of alkyl halides is 3. The molecular weight excluding hydrogens is 422 g/mol. The summed E-state index contributed by atoms with van der Waals surface area (Å²) in [4.78, 5) is 19.2. The summed E-state index contributed by atoms with van der Waals surface area (Å²) in [5, 5.41) is 3.12. The van der Waals surface area contributed by atoms with Crippen molar-refractivity contribution in [2.45, 2.75) is 6.18 Å². The van der Waals surface area contributed by atoms with E-state index in [1.807, 2.05) is 0 Å². The first-order valence-corrected chi connectivity index (χ1v) is 9.03. The minimum Gasteiger partial charge on any atom is -0.338 e. The topological polar surface area (TPSA) is 57.8 Å². The summed E-state index contributed by atoms with van der Waals surface area (Å²) in [5.41, 5.74) is -0.506. The van der Waals surface area contributed by atoms with Crippen LogP contribution in [0.25, 0.3) is 22.4 Å². The number of benzene rings is 3. The molecule has 2 N–H and O–H groups in total. The second-order valence-electron chi connectivity index (χ2n) is 6.44. The number of hydrogen-bond donors (Lipinski definition) is 2. The molecule has 1 heterocycles. The molecule has 0 spiro atoms. The fraction of sp³-hybridized carbons (Fsp3) is 0.0476. The van der Waals surface area contributed by atoms with E-state index < -0.39 is 29.0 Å². The predicted octanol–water partition coefficient (Wildman–Crippen LogP) is 6.29. The Kier molecular flexibility index (Phi) is 4.95. The van der Waals surface area contributed by atoms with E-state index in [2.05, 4.69) is 15.3 Å². The standard InChI is InChI=1S/C21H12ClF4N3O/c22-12-3-1-4-13(10-12)27-20(30)11-7-8-16-17(9-11)29-19(28-16)18-14(21(24,25)26)5-2-6-15(18)23/h1-10H,(H,27,30)(H,28,29). The van der Waals surface area contributed by atoms with E-state index in [-0.39, 0.29) is 11.4 Å². The predicted molar refractivity (Wildman–Crippen MR) is 106 cm³/mol. The molecule has 4 aromatic rings. The Hall–Kier alpha value is -3.39. The van der Waals surface area contributed by atoms with Crippen LogP contribution < -0.4 is 5.32 Å². The number of rotatable bonds is 3. The number of aromatic amines is 1. The third-order valence-electron chi connectivity index (χ3n) is 4.38. The molecule has 0 radical (unpaired) electrons. The van der Waals surface area contributed by atoms with E-state index >= 15 is 0 Å². The van der Waals surface area contributed by atoms with Crippen molar-refractivity contribution in [1.82, 2.24) is 9.97 Å². The molecule has 3 aromatic carbocycles. The molecule has 30 heavy (non-hydrogen) atoms. The van der Waals surface area contributed by atoms with Crippen molar-refractivity contribution in [3.05, 3.63) is 82.6 Å². The summed E-state index contributed by atoms with van der Waals surface area (Å²) >= 11 is 5.90. The minimum atomic E-state index is -4.75. The second-order valence-corrected chi connectivity index (χ2v) is 6.88. The van der Waals surface area contributed by atoms with Gasteiger partial charge >= 0.3 is 6.18 Å². The summed E-state index contributed by atoms with van der Waals surface area (Å²) in [5.74, 6) is -1.78. The first-order valence-electron chi connectivity index (χ1n) is 8.65. The number of aromatic nitrogens is 2. The van der Waals surface area contributed by atoms with Crippen molar-refractivity contribution in [1.29, 1.82) is 0 Å². The van der Waals surface area contributed by atoms with Crippen molar-refractivity contribution in [3.63, 3.8) is 0 Å². The average molecular weight is 434 g/mol. The van der Waals surface area contributed by atoms with Crippen LogP contribution in [0.15, 0.2) is 60.7 Å². The number of imidazole rings is 1. The lowest BCUT2D eigenvalue weighted by Gasteiger charge is -2.11. The molecular formula is C21H12ClF4N3O. The zero-order chi connectivity index (χ0) is 21.5. The van der Waals surface area contributed by atoms with Gasteiger partial charge in [-0.05, 0) is 48.5 Å². The highest BCUT2D eigenvalue weighted by Gasteiger charge is 2.35. The molecule has 0 saturated carbocycles. The first-order chi connectivity index (χ1) is 14.2. The van der Waals surface area contributed by atoms with E-state index in [0.29, 0.717) is 21.7 Å². The Morgan fingerprint density at radius 3 is 2.53 bits per heavy atom. The Balaban J connectivity index is 1.71. The molecule has 9 heteroatoms. The van der Waals surface area contributed by atoms with Crippen molar-refractivity contribution in [2.75, 3.05) is 5.32 Å². The maximum Gasteiger partial charge on any atom is 0.417 e. The Morgan fingerprint density at radius 1 is 1.03 bits per heavy atom. The summed E-state index contributed by atoms with van der Waals surface area (Å²) in [6.07, 6.45) is -4.75. The summed E-state index contributed by atoms with van der Waals surface area (Å²) in [7, 11) is 0. The third kappa shape index (κ3) is 3.86. The summed E-state index contributed by atoms with van der Waals surface area (Å²) in [6.45, 7) is 0. The van der Waals surface area contributed by atoms with E-state index in [9.17, 15) is 22.4 Å². The average Bonchev–Trinajstić information content (AvgIpc) is 3.09. The monoisotopic (exact) mass is 433 g/mol. The molecule has 1 aromatic heterocycles. The highest BCUT2D eigenvalue weighted by Crippen LogP contribution is 2.38. The first kappa shape index (κ1) is 19.9. The van der Waals surface area contributed by atoms with Gasteiger partial charge in [0.1, 0.15) is 11.6 Å². The van der Waals surface area contributed by atoms with Crippen LogP contribution in [-0.4, -0.2) is 15.9 Å². The van der Waals surface area contributed by atoms with Gasteiger partial charge in [-0.25, -0.2) is 9.37 Å². The quantitative estimate of drug-likeness (QED) is 0.373. The van der Waals surface area contributed by atoms with Crippen molar-refractivity contribution >= 4 is 34.2 Å². The van der Waals surface area contributed by atoms with Crippen LogP contribution in [0, 0.1) is 5.82 Å². The van der Waals surface area contributed by atoms with Crippen LogP contribution in [0.4, 0.5) is 23.2 Å². The Labute approximate surface area is 172 Å². The number of anilines is 1. The number of hydrogen-bond acceptors (Lipinski definition) is 2. The van der Waals surface area contributed by atoms with Gasteiger partial charge in [-0.2, -0.15) is 13.2 Å². The van der Waals surface area contributed by atoms with Crippen LogP contribution in [0.2, 0.25) is 5.02 Å². The van der Waals surface area contributed by atoms with E-state index in [4.69, 9.17) is 11.6 Å². The molecule has 0 aliphatic heterocycles. The molecule has 0 aliphatic rings. The van der Waals surface area contributed by atoms with Crippen LogP contribution in [0.3, 0.4) is 0 Å². The van der Waals surface area contributed by atoms with Gasteiger partial charge in [0, 0.05) is 16.3 Å². The largest absolute Gasteiger partial charge is 0.417 e. The summed E-state index contributed by atoms with van der Waals surface area (Å²) in [6, 6.07) is 13.6. The Morgan fingerprint density at radius 2 is 1.80 bits per heavy atom. The molecule has 0 atom stereocenters. The molecule has 0 unspecified atom stereocenters. The third-order valence-corrected chi connectivity index (χ3v) is 4.62. The molecule has 4 rings (SSSR count). The van der Waals surface area contributed by atoms with E-state index in [1.54, 1.807) is 24.3 Å². The van der Waals surface area contributed by atoms with Crippen molar-refractivity contribution < 1.29 is 22.4 Å². The number of nitrogens with one attached hydrogen (secondary N) is 2. The van der Waals surface area contributed by atoms with Crippen molar-refractivity contribution in [3.8, 4) is 11.4 Å². The minimum absolute atomic E-state index is 0.238. The van der Waals surface area contributed by atoms with Crippen LogP contribution >= 0.6 is 11.6 Å². The van der Waals surface area contributed by atoms with Gasteiger partial charge in [-0.3, -0.25) is 4.79 Å². The fourth-order valence-corrected chi connectivity index (χ4v) is 3.23. The van der Waals surface area contributed by atoms with Gasteiger partial charge in [-0.1, -0.05) is 23.7 Å². The van der Waals surface area contributed by atoms with Crippen molar-refractivity contribution in [2.24, 2.45) is 0 Å². The molecule has 0 aliphatic carbocycles. The SMILES string of the molecule is O=C(Nc1cccc(Cl)c1)c1ccc2nc(-c3c(F)cccc3C(F)(F)F)[nH]c2c1. The number of halogens is 5. The number of H-pyrrole nitrogens is 1. The highest BCUT2D eigenvalue weighted by molar-refractivity contribution is 6.31. The maximum absolute atomic E-state index is 14.2. The number of nitrogens with zero attached hydrogens (tertiary/aromatic N) is 1. The Bertz CT molecular complexity index is 1270. The molecule has 4 nitrogen and oxygen atoms in total. The van der Waals surface area contributed by atoms with Gasteiger partial charge in [0.05, 0.1) is 22.2 Å². The molecule has 0 fully saturated rings. The normalized spacial score (nSPS) is 11.6. The van der Waals surface area contributed by atoms with Gasteiger partial charge in [0.25, 0.3) is 5.91 Å². The number of fused-ring (bicyclic) bond motifs is 1. The highest BCUT2D eigenvalue weighted by atomic mass is 35.5. The lowest BCUT2D eigenvalue weighted by Crippen LogP contribution is -2.11. The number of carbonyl (C=O) groups excluding carboxylic acids is 1. The van der Waals surface area contributed by atoms with Crippen LogP contribution in [-0.2, 0) is 6.18 Å². The van der Waals surface area contributed by atoms with Gasteiger partial charge < -0.3 is 10.3 Å². The van der Waals surface area contributed by atoms with Gasteiger partial charge in [0.15, 0.2) is 0 Å². The molecule has 152 valence electrons. The zero-order valence-corrected chi connectivity index (χ0v) is 15.8. The van der Waals surface area contributed by atoms with Gasteiger partial charge in [-0.15, -0.1) is 0 Å². The lowest BCUT2D eigenvalue weighted by molar-refractivity contribution is -0.137.